The number of para-hydroxylation sites is 1. The van der Waals surface area contributed by atoms with E-state index in [2.05, 4.69) is 21.3 Å². The molecule has 0 saturated carbocycles. The van der Waals surface area contributed by atoms with Crippen LogP contribution in [0.25, 0.3) is 0 Å². The van der Waals surface area contributed by atoms with Crippen LogP contribution in [-0.2, 0) is 16.1 Å². The molecule has 1 unspecified atom stereocenters. The Morgan fingerprint density at radius 2 is 1.65 bits per heavy atom. The molecular weight excluding hydrogens is 474 g/mol. The van der Waals surface area contributed by atoms with Gasteiger partial charge < -0.3 is 31.3 Å². The summed E-state index contributed by atoms with van der Waals surface area (Å²) in [5.41, 5.74) is 4.39. The summed E-state index contributed by atoms with van der Waals surface area (Å²) in [7, 11) is 1.61. The number of nitrogens with zero attached hydrogens (tertiary/aromatic N) is 1. The molecule has 0 bridgehead atoms. The number of aliphatic carboxylic acids is 1. The number of urea groups is 1. The van der Waals surface area contributed by atoms with Gasteiger partial charge in [0.2, 0.25) is 5.91 Å². The molecule has 3 aromatic rings. The number of hydrogen-bond donors (Lipinski definition) is 5. The van der Waals surface area contributed by atoms with Crippen LogP contribution < -0.4 is 21.3 Å². The molecule has 0 radical (unpaired) electrons. The molecule has 190 valence electrons. The monoisotopic (exact) mass is 501 g/mol. The number of fused-ring (bicyclic) bond motifs is 1. The summed E-state index contributed by atoms with van der Waals surface area (Å²) in [5.74, 6) is -1.80. The van der Waals surface area contributed by atoms with Crippen LogP contribution in [0.3, 0.4) is 0 Å². The molecule has 1 heterocycles. The van der Waals surface area contributed by atoms with Crippen LogP contribution in [0.2, 0.25) is 0 Å². The second-order valence-electron chi connectivity index (χ2n) is 8.79. The standard InChI is InChI=1S/C27H27N5O5/c1-16-5-3-4-6-21(16)31-27(37)29-20-11-9-19(10-12-20)28-25(35)17-7-8-18-15-32(2)26(36)23(14-24(33)34)30-22(18)13-17/h3-13,23,30H,14-15H2,1-2H3,(H,28,35)(H,33,34)(H2,29,31,37). The lowest BCUT2D eigenvalue weighted by Gasteiger charge is -2.19. The predicted molar refractivity (Wildman–Crippen MR) is 141 cm³/mol. The zero-order valence-electron chi connectivity index (χ0n) is 20.4. The molecule has 10 heteroatoms. The minimum absolute atomic E-state index is 0.297. The highest BCUT2D eigenvalue weighted by Gasteiger charge is 2.29. The molecule has 1 atom stereocenters. The largest absolute Gasteiger partial charge is 0.481 e. The van der Waals surface area contributed by atoms with Crippen molar-refractivity contribution in [2.24, 2.45) is 0 Å². The SMILES string of the molecule is Cc1ccccc1NC(=O)Nc1ccc(NC(=O)c2ccc3c(c2)NC(CC(=O)O)C(=O)N(C)C3)cc1. The predicted octanol–water partition coefficient (Wildman–Crippen LogP) is 4.12. The number of rotatable bonds is 6. The average molecular weight is 502 g/mol. The van der Waals surface area contributed by atoms with E-state index in [4.69, 9.17) is 5.11 Å². The second-order valence-corrected chi connectivity index (χ2v) is 8.79. The van der Waals surface area contributed by atoms with Gasteiger partial charge in [-0.05, 0) is 60.5 Å². The number of anilines is 4. The number of hydrogen-bond acceptors (Lipinski definition) is 5. The van der Waals surface area contributed by atoms with Gasteiger partial charge in [0, 0.05) is 41.9 Å². The van der Waals surface area contributed by atoms with Crippen LogP contribution in [0.5, 0.6) is 0 Å². The van der Waals surface area contributed by atoms with Crippen LogP contribution in [-0.4, -0.2) is 46.9 Å². The van der Waals surface area contributed by atoms with Gasteiger partial charge >= 0.3 is 12.0 Å². The molecule has 0 aromatic heterocycles. The van der Waals surface area contributed by atoms with E-state index < -0.39 is 12.0 Å². The number of aryl methyl sites for hydroxylation is 1. The fourth-order valence-corrected chi connectivity index (χ4v) is 3.99. The van der Waals surface area contributed by atoms with Crippen molar-refractivity contribution in [1.29, 1.82) is 0 Å². The molecule has 4 rings (SSSR count). The number of carbonyl (C=O) groups excluding carboxylic acids is 3. The number of benzene rings is 3. The highest BCUT2D eigenvalue weighted by Crippen LogP contribution is 2.26. The maximum absolute atomic E-state index is 12.9. The van der Waals surface area contributed by atoms with Gasteiger partial charge in [0.1, 0.15) is 6.04 Å². The van der Waals surface area contributed by atoms with Crippen LogP contribution >= 0.6 is 0 Å². The molecule has 0 spiro atoms. The Morgan fingerprint density at radius 3 is 2.32 bits per heavy atom. The summed E-state index contributed by atoms with van der Waals surface area (Å²) in [4.78, 5) is 50.3. The van der Waals surface area contributed by atoms with Crippen molar-refractivity contribution >= 4 is 46.6 Å². The number of amides is 4. The first-order chi connectivity index (χ1) is 17.7. The van der Waals surface area contributed by atoms with E-state index in [0.717, 1.165) is 11.1 Å². The Hall–Kier alpha value is -4.86. The maximum Gasteiger partial charge on any atom is 0.323 e. The van der Waals surface area contributed by atoms with E-state index in [1.165, 1.54) is 4.90 Å². The number of nitrogens with one attached hydrogen (secondary N) is 4. The lowest BCUT2D eigenvalue weighted by molar-refractivity contribution is -0.141. The molecule has 1 aliphatic rings. The summed E-state index contributed by atoms with van der Waals surface area (Å²) in [6, 6.07) is 17.8. The first-order valence-corrected chi connectivity index (χ1v) is 11.6. The summed E-state index contributed by atoms with van der Waals surface area (Å²) in [5, 5.41) is 20.5. The third kappa shape index (κ3) is 6.23. The zero-order chi connectivity index (χ0) is 26.5. The van der Waals surface area contributed by atoms with Crippen LogP contribution in [0.15, 0.2) is 66.7 Å². The Kier molecular flexibility index (Phi) is 7.38. The van der Waals surface area contributed by atoms with Crippen molar-refractivity contribution in [1.82, 2.24) is 4.90 Å². The van der Waals surface area contributed by atoms with E-state index in [-0.39, 0.29) is 24.3 Å². The fraction of sp³-hybridized carbons (Fsp3) is 0.185. The molecule has 37 heavy (non-hydrogen) atoms. The van der Waals surface area contributed by atoms with Crippen molar-refractivity contribution in [2.75, 3.05) is 28.3 Å². The second kappa shape index (κ2) is 10.8. The van der Waals surface area contributed by atoms with Crippen molar-refractivity contribution < 1.29 is 24.3 Å². The van der Waals surface area contributed by atoms with Crippen molar-refractivity contribution in [3.05, 3.63) is 83.4 Å². The molecule has 5 N–H and O–H groups in total. The molecule has 10 nitrogen and oxygen atoms in total. The third-order valence-corrected chi connectivity index (χ3v) is 5.96. The topological polar surface area (TPSA) is 140 Å². The molecule has 0 fully saturated rings. The van der Waals surface area contributed by atoms with E-state index in [9.17, 15) is 19.2 Å². The van der Waals surface area contributed by atoms with Gasteiger partial charge in [-0.2, -0.15) is 0 Å². The van der Waals surface area contributed by atoms with E-state index in [1.54, 1.807) is 49.5 Å². The van der Waals surface area contributed by atoms with E-state index in [0.29, 0.717) is 34.9 Å². The fourth-order valence-electron chi connectivity index (χ4n) is 3.99. The smallest absolute Gasteiger partial charge is 0.323 e. The lowest BCUT2D eigenvalue weighted by atomic mass is 10.1. The number of carboxylic acids is 1. The van der Waals surface area contributed by atoms with Crippen LogP contribution in [0, 0.1) is 6.92 Å². The lowest BCUT2D eigenvalue weighted by Crippen LogP contribution is -2.39. The normalized spacial score (nSPS) is 14.6. The van der Waals surface area contributed by atoms with Gasteiger partial charge in [-0.25, -0.2) is 4.79 Å². The Balaban J connectivity index is 1.40. The number of likely N-dealkylation sites (N-methyl/N-ethyl adjacent to an activating group) is 1. The minimum atomic E-state index is -1.10. The van der Waals surface area contributed by atoms with E-state index >= 15 is 0 Å². The van der Waals surface area contributed by atoms with Crippen molar-refractivity contribution in [2.45, 2.75) is 25.9 Å². The average Bonchev–Trinajstić information content (AvgIpc) is 2.97. The Morgan fingerprint density at radius 1 is 0.973 bits per heavy atom. The van der Waals surface area contributed by atoms with Gasteiger partial charge in [-0.15, -0.1) is 0 Å². The molecule has 4 amide bonds. The molecule has 3 aromatic carbocycles. The highest BCUT2D eigenvalue weighted by molar-refractivity contribution is 6.05. The summed E-state index contributed by atoms with van der Waals surface area (Å²) < 4.78 is 0. The van der Waals surface area contributed by atoms with Crippen molar-refractivity contribution in [3.63, 3.8) is 0 Å². The third-order valence-electron chi connectivity index (χ3n) is 5.96. The number of carboxylic acid groups (broad SMARTS) is 1. The zero-order valence-corrected chi connectivity index (χ0v) is 20.4. The number of carbonyl (C=O) groups is 4. The van der Waals surface area contributed by atoms with Gasteiger partial charge in [0.05, 0.1) is 6.42 Å². The molecule has 0 saturated heterocycles. The van der Waals surface area contributed by atoms with Crippen LogP contribution in [0.1, 0.15) is 27.9 Å². The van der Waals surface area contributed by atoms with Gasteiger partial charge in [-0.3, -0.25) is 14.4 Å². The quantitative estimate of drug-likeness (QED) is 0.344. The Bertz CT molecular complexity index is 1360. The van der Waals surface area contributed by atoms with Gasteiger partial charge in [-0.1, -0.05) is 24.3 Å². The van der Waals surface area contributed by atoms with Gasteiger partial charge in [0.25, 0.3) is 5.91 Å². The minimum Gasteiger partial charge on any atom is -0.481 e. The molecule has 0 aliphatic carbocycles. The van der Waals surface area contributed by atoms with Crippen LogP contribution in [0.4, 0.5) is 27.5 Å². The summed E-state index contributed by atoms with van der Waals surface area (Å²) in [6.07, 6.45) is -0.373. The van der Waals surface area contributed by atoms with Gasteiger partial charge in [0.15, 0.2) is 0 Å². The Labute approximate surface area is 213 Å². The first kappa shape index (κ1) is 25.2. The molecular formula is C27H27N5O5. The van der Waals surface area contributed by atoms with E-state index in [1.807, 2.05) is 31.2 Å². The maximum atomic E-state index is 12.9. The summed E-state index contributed by atoms with van der Waals surface area (Å²) in [6.45, 7) is 2.20. The summed E-state index contributed by atoms with van der Waals surface area (Å²) >= 11 is 0. The molecule has 1 aliphatic heterocycles. The first-order valence-electron chi connectivity index (χ1n) is 11.6. The highest BCUT2D eigenvalue weighted by atomic mass is 16.4. The van der Waals surface area contributed by atoms with Crippen molar-refractivity contribution in [3.8, 4) is 0 Å².